The van der Waals surface area contributed by atoms with Gasteiger partial charge in [-0.15, -0.1) is 0 Å². The Kier molecular flexibility index (Phi) is 5.55. The summed E-state index contributed by atoms with van der Waals surface area (Å²) in [4.78, 5) is 17.2. The zero-order chi connectivity index (χ0) is 20.2. The van der Waals surface area contributed by atoms with Gasteiger partial charge in [-0.3, -0.25) is 4.79 Å². The van der Waals surface area contributed by atoms with Crippen LogP contribution in [-0.4, -0.2) is 27.6 Å². The zero-order valence-corrected chi connectivity index (χ0v) is 16.6. The van der Waals surface area contributed by atoms with Crippen LogP contribution in [0.3, 0.4) is 0 Å². The van der Waals surface area contributed by atoms with E-state index in [0.717, 1.165) is 16.8 Å². The third-order valence-electron chi connectivity index (χ3n) is 4.54. The number of halogens is 1. The van der Waals surface area contributed by atoms with Crippen LogP contribution >= 0.6 is 11.6 Å². The Morgan fingerprint density at radius 1 is 1.14 bits per heavy atom. The van der Waals surface area contributed by atoms with Gasteiger partial charge in [-0.1, -0.05) is 54.1 Å². The Bertz CT molecular complexity index is 1140. The molecule has 146 valence electrons. The number of nitrogens with zero attached hydrogens (tertiary/aromatic N) is 3. The number of methoxy groups -OCH3 is 1. The molecule has 0 saturated heterocycles. The minimum atomic E-state index is -0.223. The monoisotopic (exact) mass is 406 g/mol. The van der Waals surface area contributed by atoms with Gasteiger partial charge in [-0.05, 0) is 17.7 Å². The molecule has 2 aromatic heterocycles. The van der Waals surface area contributed by atoms with Crippen molar-refractivity contribution in [3.63, 3.8) is 0 Å². The quantitative estimate of drug-likeness (QED) is 0.522. The second-order valence-electron chi connectivity index (χ2n) is 6.53. The normalized spacial score (nSPS) is 11.0. The second kappa shape index (κ2) is 8.43. The molecule has 0 aliphatic heterocycles. The maximum atomic E-state index is 12.8. The van der Waals surface area contributed by atoms with E-state index in [1.54, 1.807) is 17.8 Å². The molecule has 1 N–H and O–H groups in total. The summed E-state index contributed by atoms with van der Waals surface area (Å²) in [6.45, 7) is 0.661. The van der Waals surface area contributed by atoms with Crippen LogP contribution in [0.1, 0.15) is 21.6 Å². The van der Waals surface area contributed by atoms with E-state index in [9.17, 15) is 4.79 Å². The fourth-order valence-electron chi connectivity index (χ4n) is 3.08. The average Bonchev–Trinajstić information content (AvgIpc) is 3.18. The zero-order valence-electron chi connectivity index (χ0n) is 15.8. The Hall–Kier alpha value is -3.22. The van der Waals surface area contributed by atoms with E-state index in [-0.39, 0.29) is 12.5 Å². The highest BCUT2D eigenvalue weighted by Crippen LogP contribution is 2.23. The van der Waals surface area contributed by atoms with Gasteiger partial charge in [0.25, 0.3) is 5.91 Å². The molecule has 29 heavy (non-hydrogen) atoms. The van der Waals surface area contributed by atoms with E-state index >= 15 is 0 Å². The number of fused-ring (bicyclic) bond motifs is 1. The molecule has 2 heterocycles. The standard InChI is InChI=1S/C22H19ClN4O2/c1-29-14-20-18(22(28)25-12-15-5-3-2-4-6-15)13-24-21-11-19(26-27(20)21)16-7-9-17(23)10-8-16/h2-11,13H,12,14H2,1H3,(H,25,28). The number of carbonyl (C=O) groups excluding carboxylic acids is 1. The number of carbonyl (C=O) groups is 1. The van der Waals surface area contributed by atoms with E-state index in [1.807, 2.05) is 60.7 Å². The molecule has 7 heteroatoms. The maximum absolute atomic E-state index is 12.8. The summed E-state index contributed by atoms with van der Waals surface area (Å²) in [5, 5.41) is 8.24. The average molecular weight is 407 g/mol. The van der Waals surface area contributed by atoms with Crippen molar-refractivity contribution in [1.82, 2.24) is 19.9 Å². The predicted molar refractivity (Wildman–Crippen MR) is 112 cm³/mol. The van der Waals surface area contributed by atoms with Crippen LogP contribution in [0.4, 0.5) is 0 Å². The van der Waals surface area contributed by atoms with E-state index in [2.05, 4.69) is 15.4 Å². The lowest BCUT2D eigenvalue weighted by atomic mass is 10.1. The highest BCUT2D eigenvalue weighted by Gasteiger charge is 2.18. The lowest BCUT2D eigenvalue weighted by Gasteiger charge is -2.11. The van der Waals surface area contributed by atoms with Crippen molar-refractivity contribution in [1.29, 1.82) is 0 Å². The smallest absolute Gasteiger partial charge is 0.255 e. The molecule has 0 aliphatic rings. The van der Waals surface area contributed by atoms with Crippen LogP contribution in [0.5, 0.6) is 0 Å². The summed E-state index contributed by atoms with van der Waals surface area (Å²) in [7, 11) is 1.58. The fourth-order valence-corrected chi connectivity index (χ4v) is 3.21. The number of amides is 1. The molecule has 0 radical (unpaired) electrons. The lowest BCUT2D eigenvalue weighted by molar-refractivity contribution is 0.0944. The van der Waals surface area contributed by atoms with Gasteiger partial charge >= 0.3 is 0 Å². The molecule has 0 aliphatic carbocycles. The minimum absolute atomic E-state index is 0.223. The third-order valence-corrected chi connectivity index (χ3v) is 4.80. The number of nitrogens with one attached hydrogen (secondary N) is 1. The molecule has 6 nitrogen and oxygen atoms in total. The van der Waals surface area contributed by atoms with Gasteiger partial charge in [-0.25, -0.2) is 9.50 Å². The van der Waals surface area contributed by atoms with Crippen LogP contribution in [0, 0.1) is 0 Å². The molecule has 4 aromatic rings. The first-order valence-corrected chi connectivity index (χ1v) is 9.48. The molecule has 0 spiro atoms. The maximum Gasteiger partial charge on any atom is 0.255 e. The summed E-state index contributed by atoms with van der Waals surface area (Å²) < 4.78 is 6.99. The SMILES string of the molecule is COCc1c(C(=O)NCc2ccccc2)cnc2cc(-c3ccc(Cl)cc3)nn12. The molecule has 0 unspecified atom stereocenters. The molecule has 2 aromatic carbocycles. The van der Waals surface area contributed by atoms with E-state index in [1.165, 1.54) is 0 Å². The van der Waals surface area contributed by atoms with Gasteiger partial charge in [0, 0.05) is 36.5 Å². The van der Waals surface area contributed by atoms with Crippen LogP contribution in [0.2, 0.25) is 5.02 Å². The third kappa shape index (κ3) is 4.13. The summed E-state index contributed by atoms with van der Waals surface area (Å²) in [6.07, 6.45) is 1.57. The molecule has 1 amide bonds. The first kappa shape index (κ1) is 19.1. The molecule has 0 saturated carbocycles. The van der Waals surface area contributed by atoms with Crippen molar-refractivity contribution in [2.45, 2.75) is 13.2 Å². The van der Waals surface area contributed by atoms with Crippen LogP contribution < -0.4 is 5.32 Å². The molecular formula is C22H19ClN4O2. The van der Waals surface area contributed by atoms with Gasteiger partial charge in [-0.2, -0.15) is 5.10 Å². The van der Waals surface area contributed by atoms with Crippen molar-refractivity contribution in [3.8, 4) is 11.3 Å². The molecular weight excluding hydrogens is 388 g/mol. The van der Waals surface area contributed by atoms with E-state index in [0.29, 0.717) is 28.5 Å². The van der Waals surface area contributed by atoms with E-state index in [4.69, 9.17) is 16.3 Å². The van der Waals surface area contributed by atoms with Crippen LogP contribution in [0.25, 0.3) is 16.9 Å². The van der Waals surface area contributed by atoms with Crippen LogP contribution in [-0.2, 0) is 17.9 Å². The van der Waals surface area contributed by atoms with Gasteiger partial charge in [0.2, 0.25) is 0 Å². The van der Waals surface area contributed by atoms with Crippen molar-refractivity contribution < 1.29 is 9.53 Å². The van der Waals surface area contributed by atoms with Gasteiger partial charge in [0.1, 0.15) is 0 Å². The highest BCUT2D eigenvalue weighted by atomic mass is 35.5. The minimum Gasteiger partial charge on any atom is -0.378 e. The predicted octanol–water partition coefficient (Wildman–Crippen LogP) is 4.13. The highest BCUT2D eigenvalue weighted by molar-refractivity contribution is 6.30. The number of aromatic nitrogens is 3. The lowest BCUT2D eigenvalue weighted by Crippen LogP contribution is -2.25. The Morgan fingerprint density at radius 3 is 2.62 bits per heavy atom. The summed E-state index contributed by atoms with van der Waals surface area (Å²) in [6, 6.07) is 19.0. The summed E-state index contributed by atoms with van der Waals surface area (Å²) in [5.41, 5.74) is 4.39. The second-order valence-corrected chi connectivity index (χ2v) is 6.96. The van der Waals surface area contributed by atoms with Crippen molar-refractivity contribution in [2.24, 2.45) is 0 Å². The first-order chi connectivity index (χ1) is 14.2. The van der Waals surface area contributed by atoms with Crippen molar-refractivity contribution in [3.05, 3.63) is 88.7 Å². The number of benzene rings is 2. The number of hydrogen-bond donors (Lipinski definition) is 1. The Morgan fingerprint density at radius 2 is 1.90 bits per heavy atom. The largest absolute Gasteiger partial charge is 0.378 e. The summed E-state index contributed by atoms with van der Waals surface area (Å²) >= 11 is 5.97. The molecule has 0 fully saturated rings. The number of rotatable bonds is 6. The Labute approximate surface area is 173 Å². The van der Waals surface area contributed by atoms with Gasteiger partial charge in [0.05, 0.1) is 23.6 Å². The first-order valence-electron chi connectivity index (χ1n) is 9.10. The van der Waals surface area contributed by atoms with Gasteiger partial charge < -0.3 is 10.1 Å². The molecule has 0 atom stereocenters. The Balaban J connectivity index is 1.67. The fraction of sp³-hybridized carbons (Fsp3) is 0.136. The van der Waals surface area contributed by atoms with Gasteiger partial charge in [0.15, 0.2) is 5.65 Å². The number of hydrogen-bond acceptors (Lipinski definition) is 4. The molecule has 4 rings (SSSR count). The summed E-state index contributed by atoms with van der Waals surface area (Å²) in [5.74, 6) is -0.223. The topological polar surface area (TPSA) is 68.5 Å². The number of ether oxygens (including phenoxy) is 1. The molecule has 0 bridgehead atoms. The van der Waals surface area contributed by atoms with Crippen molar-refractivity contribution >= 4 is 23.2 Å². The van der Waals surface area contributed by atoms with E-state index < -0.39 is 0 Å². The van der Waals surface area contributed by atoms with Crippen LogP contribution in [0.15, 0.2) is 66.9 Å². The van der Waals surface area contributed by atoms with Crippen molar-refractivity contribution in [2.75, 3.05) is 7.11 Å².